The van der Waals surface area contributed by atoms with Gasteiger partial charge in [-0.15, -0.1) is 0 Å². The Kier molecular flexibility index (Phi) is 16.4. The minimum atomic E-state index is 1.09. The summed E-state index contributed by atoms with van der Waals surface area (Å²) in [5.41, 5.74) is 3.25. The first-order chi connectivity index (χ1) is 13.8. The number of pyridine rings is 1. The second-order valence-corrected chi connectivity index (χ2v) is 8.78. The average Bonchev–Trinajstić information content (AvgIpc) is 2.72. The van der Waals surface area contributed by atoms with E-state index in [0.29, 0.717) is 0 Å². The molecule has 1 aromatic rings. The normalized spacial score (nSPS) is 11.2. The van der Waals surface area contributed by atoms with Crippen LogP contribution in [-0.4, -0.2) is 0 Å². The second-order valence-electron chi connectivity index (χ2n) is 8.78. The molecule has 162 valence electrons. The molecule has 0 fully saturated rings. The first kappa shape index (κ1) is 25.2. The van der Waals surface area contributed by atoms with Crippen molar-refractivity contribution in [1.29, 1.82) is 0 Å². The van der Waals surface area contributed by atoms with Gasteiger partial charge < -0.3 is 0 Å². The van der Waals surface area contributed by atoms with E-state index in [9.17, 15) is 0 Å². The summed E-state index contributed by atoms with van der Waals surface area (Å²) in [7, 11) is 0. The molecular weight excluding hydrogens is 338 g/mol. The van der Waals surface area contributed by atoms with Gasteiger partial charge in [-0.1, -0.05) is 104 Å². The quantitative estimate of drug-likeness (QED) is 0.165. The van der Waals surface area contributed by atoms with Crippen molar-refractivity contribution in [3.05, 3.63) is 29.6 Å². The van der Waals surface area contributed by atoms with Crippen molar-refractivity contribution in [3.63, 3.8) is 0 Å². The number of aromatic nitrogens is 1. The summed E-state index contributed by atoms with van der Waals surface area (Å²) in [6, 6.07) is 2.41. The summed E-state index contributed by atoms with van der Waals surface area (Å²) in [6.07, 6.45) is 29.9. The van der Waals surface area contributed by atoms with Crippen LogP contribution in [0.5, 0.6) is 0 Å². The van der Waals surface area contributed by atoms with Gasteiger partial charge in [0, 0.05) is 11.6 Å². The molecule has 1 aromatic heterocycles. The minimum Gasteiger partial charge on any atom is -0.205 e. The third kappa shape index (κ3) is 12.6. The van der Waals surface area contributed by atoms with E-state index in [2.05, 4.69) is 43.8 Å². The van der Waals surface area contributed by atoms with Gasteiger partial charge in [0.2, 0.25) is 0 Å². The lowest BCUT2D eigenvalue weighted by Crippen LogP contribution is -2.32. The fraction of sp³-hybridized carbons (Fsp3) is 0.815. The minimum absolute atomic E-state index is 1.09. The maximum Gasteiger partial charge on any atom is 0.172 e. The van der Waals surface area contributed by atoms with E-state index >= 15 is 0 Å². The molecule has 0 aliphatic carbocycles. The number of nitrogens with zero attached hydrogens (tertiary/aromatic N) is 1. The van der Waals surface area contributed by atoms with Crippen LogP contribution < -0.4 is 4.57 Å². The molecule has 1 heterocycles. The second kappa shape index (κ2) is 18.2. The number of hydrogen-bond acceptors (Lipinski definition) is 0. The van der Waals surface area contributed by atoms with Gasteiger partial charge in [0.25, 0.3) is 0 Å². The lowest BCUT2D eigenvalue weighted by molar-refractivity contribution is -0.694. The fourth-order valence-corrected chi connectivity index (χ4v) is 4.18. The van der Waals surface area contributed by atoms with E-state index in [1.807, 2.05) is 0 Å². The Bertz CT molecular complexity index is 465. The molecule has 0 spiro atoms. The van der Waals surface area contributed by atoms with E-state index in [1.54, 1.807) is 11.1 Å². The van der Waals surface area contributed by atoms with Gasteiger partial charge in [-0.3, -0.25) is 0 Å². The van der Waals surface area contributed by atoms with Crippen molar-refractivity contribution in [2.75, 3.05) is 0 Å². The van der Waals surface area contributed by atoms with Crippen molar-refractivity contribution in [1.82, 2.24) is 0 Å². The van der Waals surface area contributed by atoms with E-state index < -0.39 is 0 Å². The average molecular weight is 389 g/mol. The predicted molar refractivity (Wildman–Crippen MR) is 125 cm³/mol. The van der Waals surface area contributed by atoms with Crippen LogP contribution in [0, 0.1) is 0 Å². The topological polar surface area (TPSA) is 3.88 Å². The first-order valence-corrected chi connectivity index (χ1v) is 12.8. The Morgan fingerprint density at radius 2 is 0.964 bits per heavy atom. The molecule has 0 aliphatic rings. The SMILES string of the molecule is CCCCCCCCCCc1cc[n+](CC)cc1CCCCCCCCCC. The van der Waals surface area contributed by atoms with E-state index in [0.717, 1.165) is 6.54 Å². The van der Waals surface area contributed by atoms with Crippen LogP contribution in [0.1, 0.15) is 135 Å². The molecule has 0 saturated carbocycles. The van der Waals surface area contributed by atoms with Gasteiger partial charge in [0.1, 0.15) is 6.54 Å². The summed E-state index contributed by atoms with van der Waals surface area (Å²) in [4.78, 5) is 0. The Balaban J connectivity index is 2.27. The zero-order chi connectivity index (χ0) is 20.3. The molecule has 1 rings (SSSR count). The van der Waals surface area contributed by atoms with Gasteiger partial charge in [-0.25, -0.2) is 4.57 Å². The van der Waals surface area contributed by atoms with Crippen LogP contribution in [0.2, 0.25) is 0 Å². The highest BCUT2D eigenvalue weighted by molar-refractivity contribution is 5.21. The maximum atomic E-state index is 2.43. The molecule has 0 bridgehead atoms. The Morgan fingerprint density at radius 1 is 0.536 bits per heavy atom. The molecule has 0 radical (unpaired) electrons. The third-order valence-electron chi connectivity index (χ3n) is 6.17. The van der Waals surface area contributed by atoms with E-state index in [-0.39, 0.29) is 0 Å². The lowest BCUT2D eigenvalue weighted by atomic mass is 9.97. The Hall–Kier alpha value is -0.850. The van der Waals surface area contributed by atoms with Crippen LogP contribution in [-0.2, 0) is 19.4 Å². The van der Waals surface area contributed by atoms with E-state index in [4.69, 9.17) is 0 Å². The highest BCUT2D eigenvalue weighted by Gasteiger charge is 2.08. The summed E-state index contributed by atoms with van der Waals surface area (Å²) in [6.45, 7) is 7.93. The molecular formula is C27H50N+. The van der Waals surface area contributed by atoms with Gasteiger partial charge in [0.05, 0.1) is 0 Å². The Morgan fingerprint density at radius 3 is 1.43 bits per heavy atom. The molecule has 0 saturated heterocycles. The maximum absolute atomic E-state index is 2.43. The zero-order valence-corrected chi connectivity index (χ0v) is 19.6. The first-order valence-electron chi connectivity index (χ1n) is 12.8. The largest absolute Gasteiger partial charge is 0.205 e. The third-order valence-corrected chi connectivity index (χ3v) is 6.17. The van der Waals surface area contributed by atoms with Crippen LogP contribution in [0.4, 0.5) is 0 Å². The summed E-state index contributed by atoms with van der Waals surface area (Å²) >= 11 is 0. The lowest BCUT2D eigenvalue weighted by Gasteiger charge is -2.09. The smallest absolute Gasteiger partial charge is 0.172 e. The summed E-state index contributed by atoms with van der Waals surface area (Å²) in [5, 5.41) is 0. The summed E-state index contributed by atoms with van der Waals surface area (Å²) < 4.78 is 2.36. The van der Waals surface area contributed by atoms with Crippen LogP contribution >= 0.6 is 0 Å². The predicted octanol–water partition coefficient (Wildman–Crippen LogP) is 8.36. The van der Waals surface area contributed by atoms with Crippen molar-refractivity contribution in [3.8, 4) is 0 Å². The van der Waals surface area contributed by atoms with Crippen molar-refractivity contribution >= 4 is 0 Å². The standard InChI is InChI=1S/C27H50N/c1-4-7-9-11-13-15-17-19-21-26-23-24-28(6-3)25-27(26)22-20-18-16-14-12-10-8-5-2/h23-25H,4-22H2,1-3H3/q+1. The van der Waals surface area contributed by atoms with Crippen molar-refractivity contribution in [2.24, 2.45) is 0 Å². The molecule has 0 atom stereocenters. The van der Waals surface area contributed by atoms with Crippen molar-refractivity contribution < 1.29 is 4.57 Å². The molecule has 1 heteroatoms. The molecule has 1 nitrogen and oxygen atoms in total. The Labute approximate surface area is 177 Å². The number of hydrogen-bond donors (Lipinski definition) is 0. The molecule has 0 amide bonds. The van der Waals surface area contributed by atoms with Gasteiger partial charge in [0.15, 0.2) is 12.4 Å². The zero-order valence-electron chi connectivity index (χ0n) is 19.6. The monoisotopic (exact) mass is 388 g/mol. The van der Waals surface area contributed by atoms with Gasteiger partial charge in [-0.2, -0.15) is 0 Å². The van der Waals surface area contributed by atoms with Crippen LogP contribution in [0.15, 0.2) is 18.5 Å². The highest BCUT2D eigenvalue weighted by Crippen LogP contribution is 2.17. The molecule has 0 unspecified atom stereocenters. The van der Waals surface area contributed by atoms with Crippen LogP contribution in [0.3, 0.4) is 0 Å². The van der Waals surface area contributed by atoms with Gasteiger partial charge in [-0.05, 0) is 38.2 Å². The molecule has 28 heavy (non-hydrogen) atoms. The number of unbranched alkanes of at least 4 members (excludes halogenated alkanes) is 14. The fourth-order valence-electron chi connectivity index (χ4n) is 4.18. The molecule has 0 N–H and O–H groups in total. The van der Waals surface area contributed by atoms with Gasteiger partial charge >= 0.3 is 0 Å². The van der Waals surface area contributed by atoms with Crippen LogP contribution in [0.25, 0.3) is 0 Å². The molecule has 0 aliphatic heterocycles. The molecule has 0 aromatic carbocycles. The number of aryl methyl sites for hydroxylation is 3. The van der Waals surface area contributed by atoms with Crippen molar-refractivity contribution in [2.45, 2.75) is 143 Å². The number of rotatable bonds is 19. The summed E-state index contributed by atoms with van der Waals surface area (Å²) in [5.74, 6) is 0. The highest BCUT2D eigenvalue weighted by atomic mass is 14.9. The van der Waals surface area contributed by atoms with E-state index in [1.165, 1.54) is 116 Å².